The Morgan fingerprint density at radius 3 is 1.48 bits per heavy atom. The van der Waals surface area contributed by atoms with Gasteiger partial charge in [0.15, 0.2) is 6.10 Å². The fourth-order valence-corrected chi connectivity index (χ4v) is 2.92. The summed E-state index contributed by atoms with van der Waals surface area (Å²) in [5.41, 5.74) is 0. The zero-order valence-electron chi connectivity index (χ0n) is 16.2. The second-order valence-corrected chi connectivity index (χ2v) is 7.39. The maximum atomic E-state index is 11.0. The molecule has 148 valence electrons. The van der Waals surface area contributed by atoms with Gasteiger partial charge in [-0.25, -0.2) is 9.59 Å². The van der Waals surface area contributed by atoms with E-state index in [0.29, 0.717) is 6.42 Å². The van der Waals surface area contributed by atoms with Crippen LogP contribution in [0, 0.1) is 5.92 Å². The van der Waals surface area contributed by atoms with Crippen LogP contribution in [-0.2, 0) is 14.3 Å². The lowest BCUT2D eigenvalue weighted by molar-refractivity contribution is -0.156. The Labute approximate surface area is 153 Å². The molecule has 0 aliphatic carbocycles. The Morgan fingerprint density at radius 1 is 0.720 bits per heavy atom. The maximum absolute atomic E-state index is 11.0. The second-order valence-electron chi connectivity index (χ2n) is 7.39. The molecule has 0 fully saturated rings. The van der Waals surface area contributed by atoms with Crippen LogP contribution in [0.2, 0.25) is 0 Å². The van der Waals surface area contributed by atoms with E-state index in [-0.39, 0.29) is 0 Å². The second kappa shape index (κ2) is 16.4. The summed E-state index contributed by atoms with van der Waals surface area (Å²) in [6.45, 7) is 4.02. The van der Waals surface area contributed by atoms with Crippen molar-refractivity contribution in [1.82, 2.24) is 0 Å². The highest BCUT2D eigenvalue weighted by Crippen LogP contribution is 2.14. The standard InChI is InChI=1S/C20H38O5/c1-17(2)14-12-10-8-6-4-3-5-7-9-11-13-15-18(20(23)24)25-16-19(21)22/h17-18H,3-16H2,1-2H3,(H,21,22)(H,23,24). The molecule has 5 nitrogen and oxygen atoms in total. The van der Waals surface area contributed by atoms with Gasteiger partial charge in [0.05, 0.1) is 0 Å². The van der Waals surface area contributed by atoms with Gasteiger partial charge in [-0.1, -0.05) is 90.9 Å². The molecule has 0 amide bonds. The van der Waals surface area contributed by atoms with Crippen molar-refractivity contribution in [3.8, 4) is 0 Å². The Hall–Kier alpha value is -1.10. The van der Waals surface area contributed by atoms with Crippen molar-refractivity contribution in [3.05, 3.63) is 0 Å². The third-order valence-corrected chi connectivity index (χ3v) is 4.43. The number of unbranched alkanes of at least 4 members (excludes halogenated alkanes) is 10. The van der Waals surface area contributed by atoms with Crippen LogP contribution < -0.4 is 0 Å². The van der Waals surface area contributed by atoms with Gasteiger partial charge in [-0.15, -0.1) is 0 Å². The summed E-state index contributed by atoms with van der Waals surface area (Å²) in [6, 6.07) is 0. The summed E-state index contributed by atoms with van der Waals surface area (Å²) in [5.74, 6) is -1.38. The molecule has 1 unspecified atom stereocenters. The lowest BCUT2D eigenvalue weighted by atomic mass is 10.0. The van der Waals surface area contributed by atoms with Gasteiger partial charge in [0.1, 0.15) is 6.61 Å². The number of aliphatic carboxylic acids is 2. The lowest BCUT2D eigenvalue weighted by Gasteiger charge is -2.11. The van der Waals surface area contributed by atoms with Crippen molar-refractivity contribution < 1.29 is 24.5 Å². The van der Waals surface area contributed by atoms with Crippen molar-refractivity contribution >= 4 is 11.9 Å². The number of rotatable bonds is 18. The highest BCUT2D eigenvalue weighted by Gasteiger charge is 2.18. The molecule has 0 aromatic heterocycles. The first kappa shape index (κ1) is 23.9. The molecule has 0 aromatic rings. The van der Waals surface area contributed by atoms with E-state index < -0.39 is 24.6 Å². The molecule has 0 spiro atoms. The van der Waals surface area contributed by atoms with Crippen molar-refractivity contribution in [1.29, 1.82) is 0 Å². The number of ether oxygens (including phenoxy) is 1. The number of hydrogen-bond donors (Lipinski definition) is 2. The van der Waals surface area contributed by atoms with Crippen molar-refractivity contribution in [3.63, 3.8) is 0 Å². The van der Waals surface area contributed by atoms with Crippen LogP contribution in [0.3, 0.4) is 0 Å². The third kappa shape index (κ3) is 17.5. The van der Waals surface area contributed by atoms with Crippen LogP contribution in [0.25, 0.3) is 0 Å². The molecular weight excluding hydrogens is 320 g/mol. The van der Waals surface area contributed by atoms with Gasteiger partial charge < -0.3 is 14.9 Å². The Balaban J connectivity index is 3.37. The molecular formula is C20H38O5. The Kier molecular flexibility index (Phi) is 15.7. The molecule has 0 aliphatic rings. The summed E-state index contributed by atoms with van der Waals surface area (Å²) in [6.07, 6.45) is 14.1. The largest absolute Gasteiger partial charge is 0.480 e. The Morgan fingerprint density at radius 2 is 1.12 bits per heavy atom. The fourth-order valence-electron chi connectivity index (χ4n) is 2.92. The molecule has 0 saturated heterocycles. The van der Waals surface area contributed by atoms with Crippen LogP contribution in [0.4, 0.5) is 0 Å². The van der Waals surface area contributed by atoms with Gasteiger partial charge in [0.2, 0.25) is 0 Å². The summed E-state index contributed by atoms with van der Waals surface area (Å²) < 4.78 is 4.88. The predicted molar refractivity (Wildman–Crippen MR) is 99.9 cm³/mol. The van der Waals surface area contributed by atoms with E-state index in [1.807, 2.05) is 0 Å². The summed E-state index contributed by atoms with van der Waals surface area (Å²) >= 11 is 0. The molecule has 5 heteroatoms. The molecule has 25 heavy (non-hydrogen) atoms. The van der Waals surface area contributed by atoms with Crippen molar-refractivity contribution in [2.45, 2.75) is 103 Å². The summed E-state index contributed by atoms with van der Waals surface area (Å²) in [7, 11) is 0. The summed E-state index contributed by atoms with van der Waals surface area (Å²) in [4.78, 5) is 21.4. The van der Waals surface area contributed by atoms with Gasteiger partial charge in [-0.05, 0) is 12.3 Å². The van der Waals surface area contributed by atoms with Gasteiger partial charge in [-0.3, -0.25) is 0 Å². The molecule has 2 N–H and O–H groups in total. The van der Waals surface area contributed by atoms with Crippen molar-refractivity contribution in [2.24, 2.45) is 5.92 Å². The van der Waals surface area contributed by atoms with E-state index in [0.717, 1.165) is 25.2 Å². The minimum Gasteiger partial charge on any atom is -0.480 e. The van der Waals surface area contributed by atoms with E-state index in [1.54, 1.807) is 0 Å². The molecule has 0 aromatic carbocycles. The highest BCUT2D eigenvalue weighted by atomic mass is 16.5. The molecule has 0 aliphatic heterocycles. The zero-order valence-corrected chi connectivity index (χ0v) is 16.2. The van der Waals surface area contributed by atoms with Crippen LogP contribution >= 0.6 is 0 Å². The SMILES string of the molecule is CC(C)CCCCCCCCCCCCCC(OCC(=O)O)C(=O)O. The first-order valence-electron chi connectivity index (χ1n) is 9.99. The van der Waals surface area contributed by atoms with Gasteiger partial charge in [0, 0.05) is 0 Å². The molecule has 0 bridgehead atoms. The minimum absolute atomic E-state index is 0.388. The van der Waals surface area contributed by atoms with Crippen molar-refractivity contribution in [2.75, 3.05) is 6.61 Å². The first-order valence-corrected chi connectivity index (χ1v) is 9.99. The van der Waals surface area contributed by atoms with Gasteiger partial charge >= 0.3 is 11.9 Å². The maximum Gasteiger partial charge on any atom is 0.332 e. The first-order chi connectivity index (χ1) is 11.9. The van der Waals surface area contributed by atoms with E-state index in [2.05, 4.69) is 13.8 Å². The van der Waals surface area contributed by atoms with E-state index in [9.17, 15) is 9.59 Å². The molecule has 0 radical (unpaired) electrons. The van der Waals surface area contributed by atoms with Crippen LogP contribution in [0.15, 0.2) is 0 Å². The predicted octanol–water partition coefficient (Wildman–Crippen LogP) is 5.27. The van der Waals surface area contributed by atoms with E-state index in [1.165, 1.54) is 57.8 Å². The Bertz CT molecular complexity index is 341. The normalized spacial score (nSPS) is 12.4. The summed E-state index contributed by atoms with van der Waals surface area (Å²) in [5, 5.41) is 17.5. The van der Waals surface area contributed by atoms with Crippen LogP contribution in [0.1, 0.15) is 97.3 Å². The fraction of sp³-hybridized carbons (Fsp3) is 0.900. The number of carbonyl (C=O) groups is 2. The molecule has 0 heterocycles. The minimum atomic E-state index is -1.13. The smallest absolute Gasteiger partial charge is 0.332 e. The lowest BCUT2D eigenvalue weighted by Crippen LogP contribution is -2.26. The topological polar surface area (TPSA) is 83.8 Å². The van der Waals surface area contributed by atoms with E-state index in [4.69, 9.17) is 14.9 Å². The number of hydrogen-bond acceptors (Lipinski definition) is 3. The van der Waals surface area contributed by atoms with E-state index >= 15 is 0 Å². The third-order valence-electron chi connectivity index (χ3n) is 4.43. The van der Waals surface area contributed by atoms with Crippen LogP contribution in [0.5, 0.6) is 0 Å². The molecule has 0 saturated carbocycles. The monoisotopic (exact) mass is 358 g/mol. The molecule has 0 rings (SSSR count). The molecule has 1 atom stereocenters. The number of carboxylic acid groups (broad SMARTS) is 2. The zero-order chi connectivity index (χ0) is 18.9. The van der Waals surface area contributed by atoms with Gasteiger partial charge in [0.25, 0.3) is 0 Å². The quantitative estimate of drug-likeness (QED) is 0.326. The highest BCUT2D eigenvalue weighted by molar-refractivity contribution is 5.73. The average molecular weight is 359 g/mol. The average Bonchev–Trinajstić information content (AvgIpc) is 2.53. The van der Waals surface area contributed by atoms with Gasteiger partial charge in [-0.2, -0.15) is 0 Å². The van der Waals surface area contributed by atoms with Crippen LogP contribution in [-0.4, -0.2) is 34.9 Å². The number of carboxylic acids is 2.